The summed E-state index contributed by atoms with van der Waals surface area (Å²) in [6, 6.07) is 15.0. The Bertz CT molecular complexity index is 597. The molecule has 0 bridgehead atoms. The molecule has 0 heterocycles. The van der Waals surface area contributed by atoms with Gasteiger partial charge in [0.15, 0.2) is 0 Å². The first-order chi connectivity index (χ1) is 9.69. The Morgan fingerprint density at radius 1 is 1.20 bits per heavy atom. The molecule has 0 fully saturated rings. The first-order valence-electron chi connectivity index (χ1n) is 6.40. The van der Waals surface area contributed by atoms with Gasteiger partial charge in [-0.3, -0.25) is 4.79 Å². The molecule has 0 spiro atoms. The summed E-state index contributed by atoms with van der Waals surface area (Å²) >= 11 is 0. The van der Waals surface area contributed by atoms with Gasteiger partial charge in [-0.1, -0.05) is 30.3 Å². The number of para-hydroxylation sites is 1. The number of nitrogens with one attached hydrogen (secondary N) is 1. The Balaban J connectivity index is 2.01. The van der Waals surface area contributed by atoms with Crippen LogP contribution in [0.25, 0.3) is 0 Å². The van der Waals surface area contributed by atoms with Crippen LogP contribution in [0.4, 0.5) is 11.4 Å². The predicted molar refractivity (Wildman–Crippen MR) is 80.3 cm³/mol. The SMILES string of the molecule is COCc1cccc(NC(=O)Cc2ccccc2N)c1. The molecule has 20 heavy (non-hydrogen) atoms. The highest BCUT2D eigenvalue weighted by Crippen LogP contribution is 2.14. The molecule has 0 unspecified atom stereocenters. The molecule has 0 atom stereocenters. The van der Waals surface area contributed by atoms with Crippen LogP contribution in [-0.4, -0.2) is 13.0 Å². The van der Waals surface area contributed by atoms with E-state index in [1.54, 1.807) is 13.2 Å². The molecule has 0 aliphatic rings. The number of carbonyl (C=O) groups is 1. The van der Waals surface area contributed by atoms with Gasteiger partial charge in [0.05, 0.1) is 13.0 Å². The van der Waals surface area contributed by atoms with Crippen LogP contribution in [0.2, 0.25) is 0 Å². The largest absolute Gasteiger partial charge is 0.398 e. The van der Waals surface area contributed by atoms with Crippen molar-refractivity contribution in [3.8, 4) is 0 Å². The molecular formula is C16H18N2O2. The number of ether oxygens (including phenoxy) is 1. The van der Waals surface area contributed by atoms with Crippen LogP contribution >= 0.6 is 0 Å². The van der Waals surface area contributed by atoms with E-state index in [1.165, 1.54) is 0 Å². The smallest absolute Gasteiger partial charge is 0.228 e. The van der Waals surface area contributed by atoms with Crippen LogP contribution in [-0.2, 0) is 22.6 Å². The monoisotopic (exact) mass is 270 g/mol. The van der Waals surface area contributed by atoms with E-state index in [0.29, 0.717) is 12.3 Å². The lowest BCUT2D eigenvalue weighted by atomic mass is 10.1. The number of hydrogen-bond donors (Lipinski definition) is 2. The minimum atomic E-state index is -0.0857. The number of amides is 1. The zero-order valence-electron chi connectivity index (χ0n) is 11.4. The Morgan fingerprint density at radius 3 is 2.75 bits per heavy atom. The fraction of sp³-hybridized carbons (Fsp3) is 0.188. The number of hydrogen-bond acceptors (Lipinski definition) is 3. The van der Waals surface area contributed by atoms with Crippen LogP contribution in [0.1, 0.15) is 11.1 Å². The summed E-state index contributed by atoms with van der Waals surface area (Å²) in [5, 5.41) is 2.87. The van der Waals surface area contributed by atoms with Crippen molar-refractivity contribution in [1.82, 2.24) is 0 Å². The number of methoxy groups -OCH3 is 1. The lowest BCUT2D eigenvalue weighted by molar-refractivity contribution is -0.115. The van der Waals surface area contributed by atoms with Crippen LogP contribution in [0.15, 0.2) is 48.5 Å². The second kappa shape index (κ2) is 6.73. The normalized spacial score (nSPS) is 10.2. The number of anilines is 2. The topological polar surface area (TPSA) is 64.3 Å². The molecule has 0 aliphatic heterocycles. The summed E-state index contributed by atoms with van der Waals surface area (Å²) in [4.78, 5) is 12.0. The molecule has 4 heteroatoms. The van der Waals surface area contributed by atoms with Crippen molar-refractivity contribution in [2.24, 2.45) is 0 Å². The van der Waals surface area contributed by atoms with E-state index in [-0.39, 0.29) is 12.3 Å². The zero-order valence-corrected chi connectivity index (χ0v) is 11.4. The van der Waals surface area contributed by atoms with E-state index in [1.807, 2.05) is 42.5 Å². The number of benzene rings is 2. The zero-order chi connectivity index (χ0) is 14.4. The Labute approximate surface area is 118 Å². The van der Waals surface area contributed by atoms with Crippen molar-refractivity contribution >= 4 is 17.3 Å². The molecule has 104 valence electrons. The maximum absolute atomic E-state index is 12.0. The summed E-state index contributed by atoms with van der Waals surface area (Å²) < 4.78 is 5.07. The summed E-state index contributed by atoms with van der Waals surface area (Å²) in [6.07, 6.45) is 0.265. The standard InChI is InChI=1S/C16H18N2O2/c1-20-11-12-5-4-7-14(9-12)18-16(19)10-13-6-2-3-8-15(13)17/h2-9H,10-11,17H2,1H3,(H,18,19). The highest BCUT2D eigenvalue weighted by atomic mass is 16.5. The van der Waals surface area contributed by atoms with Gasteiger partial charge in [-0.05, 0) is 29.3 Å². The third kappa shape index (κ3) is 3.83. The Hall–Kier alpha value is -2.33. The summed E-state index contributed by atoms with van der Waals surface area (Å²) in [5.74, 6) is -0.0857. The second-order valence-electron chi connectivity index (χ2n) is 4.56. The van der Waals surface area contributed by atoms with E-state index in [4.69, 9.17) is 10.5 Å². The number of nitrogen functional groups attached to an aromatic ring is 1. The first-order valence-corrected chi connectivity index (χ1v) is 6.40. The molecule has 0 aliphatic carbocycles. The Kier molecular flexibility index (Phi) is 4.74. The van der Waals surface area contributed by atoms with Gasteiger partial charge in [-0.25, -0.2) is 0 Å². The molecule has 2 aromatic rings. The molecule has 2 aromatic carbocycles. The van der Waals surface area contributed by atoms with Crippen LogP contribution in [0.3, 0.4) is 0 Å². The number of nitrogens with two attached hydrogens (primary N) is 1. The minimum Gasteiger partial charge on any atom is -0.398 e. The van der Waals surface area contributed by atoms with Crippen LogP contribution < -0.4 is 11.1 Å². The van der Waals surface area contributed by atoms with E-state index in [9.17, 15) is 4.79 Å². The number of rotatable bonds is 5. The van der Waals surface area contributed by atoms with Gasteiger partial charge in [0.25, 0.3) is 0 Å². The molecule has 2 rings (SSSR count). The summed E-state index contributed by atoms with van der Waals surface area (Å²) in [6.45, 7) is 0.523. The van der Waals surface area contributed by atoms with Crippen molar-refractivity contribution in [3.63, 3.8) is 0 Å². The van der Waals surface area contributed by atoms with E-state index < -0.39 is 0 Å². The first kappa shape index (κ1) is 14.1. The van der Waals surface area contributed by atoms with Crippen molar-refractivity contribution in [2.75, 3.05) is 18.2 Å². The van der Waals surface area contributed by atoms with Gasteiger partial charge < -0.3 is 15.8 Å². The molecule has 4 nitrogen and oxygen atoms in total. The van der Waals surface area contributed by atoms with Crippen molar-refractivity contribution in [1.29, 1.82) is 0 Å². The van der Waals surface area contributed by atoms with Crippen molar-refractivity contribution in [3.05, 3.63) is 59.7 Å². The lowest BCUT2D eigenvalue weighted by Crippen LogP contribution is -2.15. The van der Waals surface area contributed by atoms with Crippen molar-refractivity contribution in [2.45, 2.75) is 13.0 Å². The quantitative estimate of drug-likeness (QED) is 0.821. The molecular weight excluding hydrogens is 252 g/mol. The maximum Gasteiger partial charge on any atom is 0.228 e. The van der Waals surface area contributed by atoms with Gasteiger partial charge in [-0.2, -0.15) is 0 Å². The third-order valence-electron chi connectivity index (χ3n) is 2.93. The molecule has 0 aromatic heterocycles. The highest BCUT2D eigenvalue weighted by Gasteiger charge is 2.06. The van der Waals surface area contributed by atoms with Crippen molar-refractivity contribution < 1.29 is 9.53 Å². The van der Waals surface area contributed by atoms with E-state index in [0.717, 1.165) is 16.8 Å². The summed E-state index contributed by atoms with van der Waals surface area (Å²) in [7, 11) is 1.64. The predicted octanol–water partition coefficient (Wildman–Crippen LogP) is 2.60. The van der Waals surface area contributed by atoms with E-state index >= 15 is 0 Å². The number of carbonyl (C=O) groups excluding carboxylic acids is 1. The average Bonchev–Trinajstić information content (AvgIpc) is 2.42. The molecule has 3 N–H and O–H groups in total. The van der Waals surface area contributed by atoms with Gasteiger partial charge >= 0.3 is 0 Å². The molecule has 0 saturated heterocycles. The molecule has 0 saturated carbocycles. The van der Waals surface area contributed by atoms with Crippen LogP contribution in [0, 0.1) is 0 Å². The van der Waals surface area contributed by atoms with Gasteiger partial charge in [0.2, 0.25) is 5.91 Å². The summed E-state index contributed by atoms with van der Waals surface area (Å²) in [5.41, 5.74) is 9.08. The van der Waals surface area contributed by atoms with E-state index in [2.05, 4.69) is 5.32 Å². The van der Waals surface area contributed by atoms with Crippen LogP contribution in [0.5, 0.6) is 0 Å². The maximum atomic E-state index is 12.0. The molecule has 1 amide bonds. The van der Waals surface area contributed by atoms with Gasteiger partial charge in [-0.15, -0.1) is 0 Å². The average molecular weight is 270 g/mol. The minimum absolute atomic E-state index is 0.0857. The fourth-order valence-electron chi connectivity index (χ4n) is 1.98. The Morgan fingerprint density at radius 2 is 2.00 bits per heavy atom. The third-order valence-corrected chi connectivity index (χ3v) is 2.93. The fourth-order valence-corrected chi connectivity index (χ4v) is 1.98. The van der Waals surface area contributed by atoms with Gasteiger partial charge in [0, 0.05) is 18.5 Å². The second-order valence-corrected chi connectivity index (χ2v) is 4.56. The lowest BCUT2D eigenvalue weighted by Gasteiger charge is -2.08. The van der Waals surface area contributed by atoms with Gasteiger partial charge in [0.1, 0.15) is 0 Å². The highest BCUT2D eigenvalue weighted by molar-refractivity contribution is 5.93. The molecule has 0 radical (unpaired) electrons.